The second-order valence-corrected chi connectivity index (χ2v) is 12.1. The molecule has 4 aromatic rings. The van der Waals surface area contributed by atoms with E-state index < -0.39 is 0 Å². The zero-order chi connectivity index (χ0) is 29.8. The predicted octanol–water partition coefficient (Wildman–Crippen LogP) is 7.15. The lowest BCUT2D eigenvalue weighted by molar-refractivity contribution is 0.224. The fraction of sp³-hybridized carbons (Fsp3) is 0.424. The number of halogens is 1. The Morgan fingerprint density at radius 1 is 0.814 bits per heavy atom. The molecule has 10 heteroatoms. The summed E-state index contributed by atoms with van der Waals surface area (Å²) in [6.45, 7) is 0. The van der Waals surface area contributed by atoms with Gasteiger partial charge in [0.2, 0.25) is 5.71 Å². The molecule has 2 saturated carbocycles. The number of fused-ring (bicyclic) bond motifs is 1. The molecule has 9 nitrogen and oxygen atoms in total. The molecule has 0 bridgehead atoms. The highest BCUT2D eigenvalue weighted by atomic mass is 35.5. The number of hydrogen-bond acceptors (Lipinski definition) is 7. The largest absolute Gasteiger partial charge is 0.497 e. The Bertz CT molecular complexity index is 1530. The van der Waals surface area contributed by atoms with Gasteiger partial charge in [0.1, 0.15) is 29.4 Å². The molecule has 226 valence electrons. The van der Waals surface area contributed by atoms with Gasteiger partial charge in [-0.3, -0.25) is 0 Å². The van der Waals surface area contributed by atoms with Crippen LogP contribution in [0.4, 0.5) is 10.6 Å². The van der Waals surface area contributed by atoms with Gasteiger partial charge in [0.05, 0.1) is 19.6 Å². The van der Waals surface area contributed by atoms with Crippen molar-refractivity contribution in [2.45, 2.75) is 74.9 Å². The second kappa shape index (κ2) is 13.1. The van der Waals surface area contributed by atoms with Gasteiger partial charge in [-0.25, -0.2) is 14.8 Å². The third-order valence-corrected chi connectivity index (χ3v) is 8.96. The summed E-state index contributed by atoms with van der Waals surface area (Å²) in [6.07, 6.45) is 9.04. The third-order valence-electron chi connectivity index (χ3n) is 8.57. The van der Waals surface area contributed by atoms with Crippen LogP contribution in [0.25, 0.3) is 33.6 Å². The van der Waals surface area contributed by atoms with Crippen molar-refractivity contribution in [3.05, 3.63) is 54.9 Å². The highest BCUT2D eigenvalue weighted by molar-refractivity contribution is 6.20. The topological polar surface area (TPSA) is 111 Å². The molecule has 2 heterocycles. The number of amides is 2. The number of methoxy groups -OCH3 is 2. The van der Waals surface area contributed by atoms with Crippen molar-refractivity contribution >= 4 is 34.5 Å². The number of furan rings is 1. The molecule has 43 heavy (non-hydrogen) atoms. The smallest absolute Gasteiger partial charge is 0.315 e. The van der Waals surface area contributed by atoms with Crippen LogP contribution in [0, 0.1) is 0 Å². The summed E-state index contributed by atoms with van der Waals surface area (Å²) in [7, 11) is 3.31. The van der Waals surface area contributed by atoms with Gasteiger partial charge >= 0.3 is 6.03 Å². The average molecular weight is 604 g/mol. The molecular weight excluding hydrogens is 566 g/mol. The highest BCUT2D eigenvalue weighted by Gasteiger charge is 2.28. The van der Waals surface area contributed by atoms with E-state index in [9.17, 15) is 4.79 Å². The lowest BCUT2D eigenvalue weighted by atomic mass is 9.91. The van der Waals surface area contributed by atoms with Crippen LogP contribution in [-0.4, -0.2) is 53.7 Å². The summed E-state index contributed by atoms with van der Waals surface area (Å²) in [6, 6.07) is 16.2. The Balaban J connectivity index is 1.20. The number of hydrogen-bond donors (Lipinski definition) is 3. The number of ether oxygens (including phenoxy) is 2. The van der Waals surface area contributed by atoms with Gasteiger partial charge < -0.3 is 29.8 Å². The van der Waals surface area contributed by atoms with Crippen LogP contribution in [0.2, 0.25) is 0 Å². The SMILES string of the molecule is COc1ccc(-c2oc3ncnc(NC4CCC(NC(=O)NC5CCCC(Cl)C5)CC4)c3c2-c2ccc(OC)cc2)cc1. The molecule has 2 aliphatic rings. The average Bonchev–Trinajstić information content (AvgIpc) is 3.43. The summed E-state index contributed by atoms with van der Waals surface area (Å²) < 4.78 is 17.2. The van der Waals surface area contributed by atoms with Gasteiger partial charge in [0, 0.05) is 34.6 Å². The molecule has 0 aliphatic heterocycles. The van der Waals surface area contributed by atoms with E-state index in [2.05, 4.69) is 25.9 Å². The highest BCUT2D eigenvalue weighted by Crippen LogP contribution is 2.43. The number of anilines is 1. The minimum atomic E-state index is -0.0849. The van der Waals surface area contributed by atoms with Crippen LogP contribution < -0.4 is 25.4 Å². The van der Waals surface area contributed by atoms with Crippen LogP contribution in [0.1, 0.15) is 51.4 Å². The first-order chi connectivity index (χ1) is 21.0. The zero-order valence-electron chi connectivity index (χ0n) is 24.6. The maximum Gasteiger partial charge on any atom is 0.315 e. The minimum Gasteiger partial charge on any atom is -0.497 e. The van der Waals surface area contributed by atoms with E-state index in [1.54, 1.807) is 14.2 Å². The van der Waals surface area contributed by atoms with Crippen molar-refractivity contribution in [3.8, 4) is 33.9 Å². The van der Waals surface area contributed by atoms with E-state index in [0.717, 1.165) is 90.8 Å². The molecule has 0 radical (unpaired) electrons. The van der Waals surface area contributed by atoms with Gasteiger partial charge in [0.25, 0.3) is 0 Å². The lowest BCUT2D eigenvalue weighted by Gasteiger charge is -2.31. The number of rotatable bonds is 8. The number of carbonyl (C=O) groups is 1. The molecule has 0 spiro atoms. The van der Waals surface area contributed by atoms with E-state index in [4.69, 9.17) is 25.5 Å². The number of carbonyl (C=O) groups excluding carboxylic acids is 1. The fourth-order valence-electron chi connectivity index (χ4n) is 6.27. The molecule has 0 saturated heterocycles. The van der Waals surface area contributed by atoms with Gasteiger partial charge in [0.15, 0.2) is 0 Å². The molecule has 2 unspecified atom stereocenters. The van der Waals surface area contributed by atoms with Gasteiger partial charge in [-0.2, -0.15) is 0 Å². The summed E-state index contributed by atoms with van der Waals surface area (Å²) in [5.41, 5.74) is 3.32. The van der Waals surface area contributed by atoms with Gasteiger partial charge in [-0.05, 0) is 93.3 Å². The van der Waals surface area contributed by atoms with Crippen molar-refractivity contribution < 1.29 is 18.7 Å². The van der Waals surface area contributed by atoms with E-state index >= 15 is 0 Å². The Morgan fingerprint density at radius 3 is 2.09 bits per heavy atom. The zero-order valence-corrected chi connectivity index (χ0v) is 25.3. The van der Waals surface area contributed by atoms with Gasteiger partial charge in [-0.15, -0.1) is 11.6 Å². The quantitative estimate of drug-likeness (QED) is 0.183. The number of urea groups is 1. The van der Waals surface area contributed by atoms with Crippen LogP contribution in [0.5, 0.6) is 11.5 Å². The second-order valence-electron chi connectivity index (χ2n) is 11.4. The van der Waals surface area contributed by atoms with Crippen molar-refractivity contribution in [2.75, 3.05) is 19.5 Å². The van der Waals surface area contributed by atoms with Crippen molar-refractivity contribution in [3.63, 3.8) is 0 Å². The number of aromatic nitrogens is 2. The first kappa shape index (κ1) is 29.1. The van der Waals surface area contributed by atoms with Crippen LogP contribution in [0.15, 0.2) is 59.3 Å². The van der Waals surface area contributed by atoms with Crippen molar-refractivity contribution in [1.29, 1.82) is 0 Å². The number of nitrogens with zero attached hydrogens (tertiary/aromatic N) is 2. The Hall–Kier alpha value is -3.98. The monoisotopic (exact) mass is 603 g/mol. The fourth-order valence-corrected chi connectivity index (χ4v) is 6.64. The number of nitrogens with one attached hydrogen (secondary N) is 3. The van der Waals surface area contributed by atoms with Crippen LogP contribution in [-0.2, 0) is 0 Å². The van der Waals surface area contributed by atoms with Gasteiger partial charge in [-0.1, -0.05) is 12.1 Å². The summed E-state index contributed by atoms with van der Waals surface area (Å²) >= 11 is 6.30. The van der Waals surface area contributed by atoms with Crippen molar-refractivity contribution in [1.82, 2.24) is 20.6 Å². The molecule has 2 atom stereocenters. The standard InChI is InChI=1S/C33H38ClN5O4/c1-41-26-14-6-20(7-15-26)28-29-31(35-19-36-32(29)43-30(28)21-8-16-27(42-2)17-9-21)37-23-10-12-24(13-11-23)38-33(40)39-25-5-3-4-22(34)18-25/h6-9,14-17,19,22-25H,3-5,10-13,18H2,1-2H3,(H,35,36,37)(H2,38,39,40). The summed E-state index contributed by atoms with van der Waals surface area (Å²) in [4.78, 5) is 21.8. The number of benzene rings is 2. The van der Waals surface area contributed by atoms with Crippen molar-refractivity contribution in [2.24, 2.45) is 0 Å². The Morgan fingerprint density at radius 2 is 1.44 bits per heavy atom. The maximum absolute atomic E-state index is 12.6. The van der Waals surface area contributed by atoms with E-state index in [1.165, 1.54) is 6.33 Å². The first-order valence-corrected chi connectivity index (χ1v) is 15.5. The minimum absolute atomic E-state index is 0.0849. The summed E-state index contributed by atoms with van der Waals surface area (Å²) in [5, 5.41) is 11.0. The molecular formula is C33H38ClN5O4. The van der Waals surface area contributed by atoms with E-state index in [0.29, 0.717) is 11.5 Å². The first-order valence-electron chi connectivity index (χ1n) is 15.0. The lowest BCUT2D eigenvalue weighted by Crippen LogP contribution is -2.49. The third kappa shape index (κ3) is 6.67. The molecule has 2 aliphatic carbocycles. The molecule has 2 fully saturated rings. The van der Waals surface area contributed by atoms with Crippen LogP contribution in [0.3, 0.4) is 0 Å². The summed E-state index contributed by atoms with van der Waals surface area (Å²) in [5.74, 6) is 3.00. The molecule has 2 aromatic carbocycles. The molecule has 3 N–H and O–H groups in total. The van der Waals surface area contributed by atoms with Crippen LogP contribution >= 0.6 is 11.6 Å². The van der Waals surface area contributed by atoms with E-state index in [1.807, 2.05) is 48.5 Å². The van der Waals surface area contributed by atoms with E-state index in [-0.39, 0.29) is 29.5 Å². The molecule has 6 rings (SSSR count). The molecule has 2 aromatic heterocycles. The Kier molecular flexibility index (Phi) is 8.88. The number of alkyl halides is 1. The molecule has 2 amide bonds. The Labute approximate surface area is 256 Å². The maximum atomic E-state index is 12.6. The predicted molar refractivity (Wildman–Crippen MR) is 169 cm³/mol. The normalized spacial score (nSPS) is 22.1.